The van der Waals surface area contributed by atoms with Crippen molar-refractivity contribution in [3.8, 4) is 5.75 Å². The van der Waals surface area contributed by atoms with Crippen molar-refractivity contribution in [2.75, 3.05) is 7.11 Å². The van der Waals surface area contributed by atoms with Crippen molar-refractivity contribution in [3.63, 3.8) is 0 Å². The third kappa shape index (κ3) is 2.84. The summed E-state index contributed by atoms with van der Waals surface area (Å²) in [5.74, 6) is 0.806. The smallest absolute Gasteiger partial charge is 0.119 e. The maximum Gasteiger partial charge on any atom is 0.119 e. The molecule has 0 fully saturated rings. The van der Waals surface area contributed by atoms with Crippen molar-refractivity contribution >= 4 is 45.7 Å². The minimum absolute atomic E-state index is 0.588. The van der Waals surface area contributed by atoms with Gasteiger partial charge in [0.1, 0.15) is 10.9 Å². The number of fused-ring (bicyclic) bond motifs is 1. The summed E-state index contributed by atoms with van der Waals surface area (Å²) in [6.45, 7) is 0.588. The number of rotatable bonds is 3. The first-order valence-electron chi connectivity index (χ1n) is 6.35. The largest absolute Gasteiger partial charge is 0.497 e. The number of hydrogen-bond acceptors (Lipinski definition) is 1. The molecule has 21 heavy (non-hydrogen) atoms. The predicted molar refractivity (Wildman–Crippen MR) is 89.1 cm³/mol. The Bertz CT molecular complexity index is 811. The Hall–Kier alpha value is -1.35. The number of halogens is 3. The molecule has 0 aliphatic rings. The van der Waals surface area contributed by atoms with Gasteiger partial charge in [-0.1, -0.05) is 40.9 Å². The van der Waals surface area contributed by atoms with E-state index >= 15 is 0 Å². The third-order valence-corrected chi connectivity index (χ3v) is 4.30. The Labute approximate surface area is 137 Å². The Morgan fingerprint density at radius 2 is 1.81 bits per heavy atom. The topological polar surface area (TPSA) is 14.2 Å². The van der Waals surface area contributed by atoms with E-state index in [1.54, 1.807) is 13.2 Å². The van der Waals surface area contributed by atoms with Gasteiger partial charge in [-0.15, -0.1) is 0 Å². The normalized spacial score (nSPS) is 11.0. The fraction of sp³-hybridized carbons (Fsp3) is 0.125. The number of benzene rings is 2. The van der Waals surface area contributed by atoms with E-state index in [1.807, 2.05) is 41.0 Å². The molecule has 0 saturated heterocycles. The van der Waals surface area contributed by atoms with Gasteiger partial charge in [0.05, 0.1) is 13.7 Å². The van der Waals surface area contributed by atoms with Crippen LogP contribution in [0.2, 0.25) is 15.2 Å². The van der Waals surface area contributed by atoms with E-state index in [0.717, 1.165) is 22.2 Å². The highest BCUT2D eigenvalue weighted by Gasteiger charge is 2.10. The summed E-state index contributed by atoms with van der Waals surface area (Å²) in [6, 6.07) is 13.3. The van der Waals surface area contributed by atoms with Gasteiger partial charge in [0.15, 0.2) is 0 Å². The van der Waals surface area contributed by atoms with Crippen LogP contribution in [0.25, 0.3) is 10.9 Å². The van der Waals surface area contributed by atoms with Gasteiger partial charge in [-0.3, -0.25) is 0 Å². The molecule has 3 rings (SSSR count). The molecule has 0 saturated carbocycles. The van der Waals surface area contributed by atoms with Gasteiger partial charge in [-0.05, 0) is 42.0 Å². The summed E-state index contributed by atoms with van der Waals surface area (Å²) in [6.07, 6.45) is 0. The molecule has 0 radical (unpaired) electrons. The molecule has 108 valence electrons. The Morgan fingerprint density at radius 3 is 2.52 bits per heavy atom. The first kappa shape index (κ1) is 14.6. The van der Waals surface area contributed by atoms with Crippen molar-refractivity contribution in [1.29, 1.82) is 0 Å². The molecule has 1 aromatic heterocycles. The van der Waals surface area contributed by atoms with Crippen LogP contribution in [0.5, 0.6) is 5.75 Å². The lowest BCUT2D eigenvalue weighted by Crippen LogP contribution is -2.00. The number of hydrogen-bond donors (Lipinski definition) is 0. The molecule has 0 unspecified atom stereocenters. The monoisotopic (exact) mass is 339 g/mol. The Kier molecular flexibility index (Phi) is 4.03. The van der Waals surface area contributed by atoms with E-state index in [2.05, 4.69) is 0 Å². The summed E-state index contributed by atoms with van der Waals surface area (Å²) in [7, 11) is 1.65. The van der Waals surface area contributed by atoms with E-state index in [-0.39, 0.29) is 0 Å². The first-order chi connectivity index (χ1) is 10.1. The lowest BCUT2D eigenvalue weighted by molar-refractivity contribution is 0.415. The highest BCUT2D eigenvalue weighted by molar-refractivity contribution is 6.35. The first-order valence-corrected chi connectivity index (χ1v) is 7.48. The summed E-state index contributed by atoms with van der Waals surface area (Å²) in [4.78, 5) is 0. The highest BCUT2D eigenvalue weighted by Crippen LogP contribution is 2.30. The lowest BCUT2D eigenvalue weighted by Gasteiger charge is -2.10. The van der Waals surface area contributed by atoms with Crippen LogP contribution in [0.1, 0.15) is 5.56 Å². The molecule has 2 nitrogen and oxygen atoms in total. The van der Waals surface area contributed by atoms with Crippen molar-refractivity contribution in [3.05, 3.63) is 63.2 Å². The predicted octanol–water partition coefficient (Wildman–Crippen LogP) is 5.66. The van der Waals surface area contributed by atoms with Gasteiger partial charge in [-0.25, -0.2) is 0 Å². The standard InChI is InChI=1S/C16H12Cl3NO/c1-21-13-4-5-15-11(6-13)7-16(19)20(15)9-10-2-3-12(17)8-14(10)18/h2-8H,9H2,1H3. The van der Waals surface area contributed by atoms with Gasteiger partial charge in [-0.2, -0.15) is 0 Å². The molecular formula is C16H12Cl3NO. The molecule has 5 heteroatoms. The Morgan fingerprint density at radius 1 is 1.00 bits per heavy atom. The van der Waals surface area contributed by atoms with Gasteiger partial charge in [0.25, 0.3) is 0 Å². The average molecular weight is 341 g/mol. The van der Waals surface area contributed by atoms with Gasteiger partial charge >= 0.3 is 0 Å². The fourth-order valence-electron chi connectivity index (χ4n) is 2.32. The average Bonchev–Trinajstić information content (AvgIpc) is 2.77. The summed E-state index contributed by atoms with van der Waals surface area (Å²) in [5, 5.41) is 2.94. The molecule has 3 aromatic rings. The minimum atomic E-state index is 0.588. The zero-order valence-electron chi connectivity index (χ0n) is 11.2. The van der Waals surface area contributed by atoms with Crippen molar-refractivity contribution in [1.82, 2.24) is 4.57 Å². The van der Waals surface area contributed by atoms with E-state index in [1.165, 1.54) is 0 Å². The molecule has 0 bridgehead atoms. The number of methoxy groups -OCH3 is 1. The number of aromatic nitrogens is 1. The molecular weight excluding hydrogens is 329 g/mol. The van der Waals surface area contributed by atoms with E-state index in [9.17, 15) is 0 Å². The highest BCUT2D eigenvalue weighted by atomic mass is 35.5. The Balaban J connectivity index is 2.06. The van der Waals surface area contributed by atoms with Crippen molar-refractivity contribution in [2.24, 2.45) is 0 Å². The molecule has 0 aliphatic heterocycles. The number of ether oxygens (including phenoxy) is 1. The second kappa shape index (κ2) is 5.80. The van der Waals surface area contributed by atoms with Crippen LogP contribution >= 0.6 is 34.8 Å². The minimum Gasteiger partial charge on any atom is -0.497 e. The molecule has 2 aromatic carbocycles. The third-order valence-electron chi connectivity index (χ3n) is 3.40. The second-order valence-electron chi connectivity index (χ2n) is 4.71. The second-order valence-corrected chi connectivity index (χ2v) is 5.94. The molecule has 0 aliphatic carbocycles. The zero-order valence-corrected chi connectivity index (χ0v) is 13.5. The summed E-state index contributed by atoms with van der Waals surface area (Å²) < 4.78 is 7.24. The van der Waals surface area contributed by atoms with Gasteiger partial charge < -0.3 is 9.30 Å². The number of nitrogens with zero attached hydrogens (tertiary/aromatic N) is 1. The molecule has 1 heterocycles. The zero-order chi connectivity index (χ0) is 15.0. The van der Waals surface area contributed by atoms with Crippen LogP contribution in [0.3, 0.4) is 0 Å². The van der Waals surface area contributed by atoms with Crippen LogP contribution in [0.4, 0.5) is 0 Å². The quantitative estimate of drug-likeness (QED) is 0.600. The van der Waals surface area contributed by atoms with Gasteiger partial charge in [0, 0.05) is 20.9 Å². The van der Waals surface area contributed by atoms with Gasteiger partial charge in [0.2, 0.25) is 0 Å². The molecule has 0 amide bonds. The van der Waals surface area contributed by atoms with Crippen molar-refractivity contribution < 1.29 is 4.74 Å². The van der Waals surface area contributed by atoms with E-state index < -0.39 is 0 Å². The van der Waals surface area contributed by atoms with Crippen LogP contribution in [0.15, 0.2) is 42.5 Å². The maximum absolute atomic E-state index is 6.35. The van der Waals surface area contributed by atoms with Crippen LogP contribution < -0.4 is 4.74 Å². The lowest BCUT2D eigenvalue weighted by atomic mass is 10.2. The molecule has 0 spiro atoms. The summed E-state index contributed by atoms with van der Waals surface area (Å²) in [5.41, 5.74) is 2.00. The summed E-state index contributed by atoms with van der Waals surface area (Å²) >= 11 is 18.5. The molecule has 0 N–H and O–H groups in total. The van der Waals surface area contributed by atoms with E-state index in [4.69, 9.17) is 39.5 Å². The van der Waals surface area contributed by atoms with E-state index in [0.29, 0.717) is 21.7 Å². The van der Waals surface area contributed by atoms with Crippen LogP contribution in [0, 0.1) is 0 Å². The van der Waals surface area contributed by atoms with Crippen molar-refractivity contribution in [2.45, 2.75) is 6.54 Å². The van der Waals surface area contributed by atoms with Crippen LogP contribution in [-0.2, 0) is 6.54 Å². The maximum atomic E-state index is 6.35. The SMILES string of the molecule is COc1ccc2c(c1)cc(Cl)n2Cc1ccc(Cl)cc1Cl. The molecule has 0 atom stereocenters. The van der Waals surface area contributed by atoms with Crippen LogP contribution in [-0.4, -0.2) is 11.7 Å². The fourth-order valence-corrected chi connectivity index (χ4v) is 3.06.